The maximum atomic E-state index is 14.0. The summed E-state index contributed by atoms with van der Waals surface area (Å²) in [7, 11) is 4.57. The summed E-state index contributed by atoms with van der Waals surface area (Å²) in [4.78, 5) is 34.9. The minimum Gasteiger partial charge on any atom is -0.493 e. The maximum absolute atomic E-state index is 14.0. The molecule has 2 aliphatic heterocycles. The van der Waals surface area contributed by atoms with Crippen LogP contribution in [0.2, 0.25) is 0 Å². The molecule has 0 spiro atoms. The average Bonchev–Trinajstić information content (AvgIpc) is 3.60. The summed E-state index contributed by atoms with van der Waals surface area (Å²) in [5, 5.41) is 0. The highest BCUT2D eigenvalue weighted by Gasteiger charge is 2.34. The molecule has 1 saturated heterocycles. The molecular weight excluding hydrogens is 542 g/mol. The van der Waals surface area contributed by atoms with Crippen LogP contribution in [0.4, 0.5) is 5.69 Å². The standard InChI is InChI=1S/C31H35N3O6S/c1-7-40-30(36)26-19(3)32-31-34(27(26)21-16-23(37-4)28(39-6)24(17-21)38-5)29(35)25(41-31)15-20-10-11-22(18(2)14-20)33-12-8-9-13-33/h10-11,14-17,27H,7-9,12-13H2,1-6H3/b25-15+/t27-/m0/s1. The van der Waals surface area contributed by atoms with E-state index < -0.39 is 12.0 Å². The number of nitrogens with zero attached hydrogens (tertiary/aromatic N) is 3. The number of hydrogen-bond donors (Lipinski definition) is 0. The molecule has 1 atom stereocenters. The van der Waals surface area contributed by atoms with Gasteiger partial charge in [-0.25, -0.2) is 9.79 Å². The first kappa shape index (κ1) is 28.5. The number of rotatable bonds is 8. The molecule has 2 aliphatic rings. The Labute approximate surface area is 242 Å². The monoisotopic (exact) mass is 577 g/mol. The molecule has 0 unspecified atom stereocenters. The number of carbonyl (C=O) groups excluding carboxylic acids is 1. The van der Waals surface area contributed by atoms with Crippen molar-refractivity contribution in [3.8, 4) is 17.2 Å². The van der Waals surface area contributed by atoms with Crippen molar-refractivity contribution in [2.24, 2.45) is 4.99 Å². The number of fused-ring (bicyclic) bond motifs is 1. The first-order valence-electron chi connectivity index (χ1n) is 13.7. The van der Waals surface area contributed by atoms with E-state index in [9.17, 15) is 9.59 Å². The fourth-order valence-corrected chi connectivity index (χ4v) is 6.65. The highest BCUT2D eigenvalue weighted by Crippen LogP contribution is 2.42. The van der Waals surface area contributed by atoms with E-state index in [0.717, 1.165) is 18.7 Å². The van der Waals surface area contributed by atoms with Gasteiger partial charge in [0.25, 0.3) is 5.56 Å². The number of methoxy groups -OCH3 is 3. The molecule has 2 aromatic carbocycles. The van der Waals surface area contributed by atoms with Gasteiger partial charge in [-0.15, -0.1) is 0 Å². The lowest BCUT2D eigenvalue weighted by Crippen LogP contribution is -2.40. The van der Waals surface area contributed by atoms with Gasteiger partial charge in [0.2, 0.25) is 5.75 Å². The molecule has 1 fully saturated rings. The zero-order valence-corrected chi connectivity index (χ0v) is 25.1. The van der Waals surface area contributed by atoms with Crippen molar-refractivity contribution in [2.45, 2.75) is 39.7 Å². The molecule has 3 heterocycles. The van der Waals surface area contributed by atoms with E-state index in [1.807, 2.05) is 12.1 Å². The topological polar surface area (TPSA) is 91.6 Å². The molecule has 0 saturated carbocycles. The smallest absolute Gasteiger partial charge is 0.338 e. The molecule has 5 rings (SSSR count). The number of allylic oxidation sites excluding steroid dienone is 1. The van der Waals surface area contributed by atoms with Gasteiger partial charge in [-0.05, 0) is 80.6 Å². The van der Waals surface area contributed by atoms with Crippen LogP contribution in [-0.4, -0.2) is 51.6 Å². The summed E-state index contributed by atoms with van der Waals surface area (Å²) in [6.45, 7) is 7.94. The number of anilines is 1. The first-order valence-corrected chi connectivity index (χ1v) is 14.5. The number of aryl methyl sites for hydroxylation is 1. The second-order valence-electron chi connectivity index (χ2n) is 10.0. The summed E-state index contributed by atoms with van der Waals surface area (Å²) in [5.74, 6) is 0.706. The van der Waals surface area contributed by atoms with Gasteiger partial charge in [-0.2, -0.15) is 0 Å². The van der Waals surface area contributed by atoms with Gasteiger partial charge < -0.3 is 23.8 Å². The van der Waals surface area contributed by atoms with Crippen LogP contribution >= 0.6 is 11.3 Å². The van der Waals surface area contributed by atoms with Crippen molar-refractivity contribution in [3.05, 3.63) is 78.0 Å². The third kappa shape index (κ3) is 5.24. The van der Waals surface area contributed by atoms with Crippen LogP contribution in [0.1, 0.15) is 49.4 Å². The second kappa shape index (κ2) is 11.8. The van der Waals surface area contributed by atoms with E-state index in [4.69, 9.17) is 18.9 Å². The van der Waals surface area contributed by atoms with Crippen molar-refractivity contribution in [1.29, 1.82) is 0 Å². The lowest BCUT2D eigenvalue weighted by Gasteiger charge is -2.26. The van der Waals surface area contributed by atoms with Crippen molar-refractivity contribution in [3.63, 3.8) is 0 Å². The minimum atomic E-state index is -0.805. The molecule has 0 bridgehead atoms. The van der Waals surface area contributed by atoms with Crippen LogP contribution in [0, 0.1) is 6.92 Å². The number of thiazole rings is 1. The Morgan fingerprint density at radius 1 is 1.05 bits per heavy atom. The molecule has 3 aromatic rings. The summed E-state index contributed by atoms with van der Waals surface area (Å²) in [6.07, 6.45) is 4.31. The Hall–Kier alpha value is -4.05. The van der Waals surface area contributed by atoms with Gasteiger partial charge >= 0.3 is 5.97 Å². The summed E-state index contributed by atoms with van der Waals surface area (Å²) in [5.41, 5.74) is 4.47. The van der Waals surface area contributed by atoms with Gasteiger partial charge in [-0.3, -0.25) is 9.36 Å². The van der Waals surface area contributed by atoms with Gasteiger partial charge in [0.05, 0.1) is 49.8 Å². The number of esters is 1. The Morgan fingerprint density at radius 2 is 1.73 bits per heavy atom. The molecule has 1 aromatic heterocycles. The molecule has 216 valence electrons. The third-order valence-corrected chi connectivity index (χ3v) is 8.47. The molecule has 41 heavy (non-hydrogen) atoms. The molecule has 0 amide bonds. The summed E-state index contributed by atoms with van der Waals surface area (Å²) in [6, 6.07) is 8.98. The fourth-order valence-electron chi connectivity index (χ4n) is 5.60. The Morgan fingerprint density at radius 3 is 2.32 bits per heavy atom. The van der Waals surface area contributed by atoms with Crippen molar-refractivity contribution in [1.82, 2.24) is 4.57 Å². The normalized spacial score (nSPS) is 16.9. The number of carbonyl (C=O) groups is 1. The molecule has 0 radical (unpaired) electrons. The molecule has 0 N–H and O–H groups in total. The van der Waals surface area contributed by atoms with Gasteiger partial charge in [0.1, 0.15) is 0 Å². The molecule has 9 nitrogen and oxygen atoms in total. The molecule has 0 aliphatic carbocycles. The van der Waals surface area contributed by atoms with E-state index in [0.29, 0.717) is 37.8 Å². The van der Waals surface area contributed by atoms with Crippen LogP contribution in [0.15, 0.2) is 51.4 Å². The largest absolute Gasteiger partial charge is 0.493 e. The van der Waals surface area contributed by atoms with Crippen LogP contribution in [0.3, 0.4) is 0 Å². The van der Waals surface area contributed by atoms with Gasteiger partial charge in [-0.1, -0.05) is 17.4 Å². The predicted molar refractivity (Wildman–Crippen MR) is 159 cm³/mol. The second-order valence-corrected chi connectivity index (χ2v) is 11.0. The van der Waals surface area contributed by atoms with Crippen molar-refractivity contribution in [2.75, 3.05) is 45.9 Å². The number of hydrogen-bond acceptors (Lipinski definition) is 9. The van der Waals surface area contributed by atoms with Crippen molar-refractivity contribution >= 4 is 29.1 Å². The molecular formula is C31H35N3O6S. The van der Waals surface area contributed by atoms with E-state index in [-0.39, 0.29) is 17.7 Å². The Kier molecular flexibility index (Phi) is 8.21. The average molecular weight is 578 g/mol. The van der Waals surface area contributed by atoms with E-state index in [1.54, 1.807) is 30.5 Å². The fraction of sp³-hybridized carbons (Fsp3) is 0.387. The highest BCUT2D eigenvalue weighted by molar-refractivity contribution is 7.07. The first-order chi connectivity index (χ1) is 19.8. The van der Waals surface area contributed by atoms with E-state index in [2.05, 4.69) is 28.9 Å². The zero-order valence-electron chi connectivity index (χ0n) is 24.3. The van der Waals surface area contributed by atoms with Gasteiger partial charge in [0.15, 0.2) is 16.3 Å². The third-order valence-electron chi connectivity index (χ3n) is 7.49. The van der Waals surface area contributed by atoms with Gasteiger partial charge in [0, 0.05) is 18.8 Å². The lowest BCUT2D eigenvalue weighted by atomic mass is 9.95. The van der Waals surface area contributed by atoms with Crippen LogP contribution in [-0.2, 0) is 9.53 Å². The predicted octanol–water partition coefficient (Wildman–Crippen LogP) is 3.73. The number of ether oxygens (including phenoxy) is 4. The van der Waals surface area contributed by atoms with Crippen LogP contribution in [0.5, 0.6) is 17.2 Å². The quantitative estimate of drug-likeness (QED) is 0.377. The Balaban J connectivity index is 1.68. The van der Waals surface area contributed by atoms with E-state index >= 15 is 0 Å². The Bertz CT molecular complexity index is 1670. The zero-order chi connectivity index (χ0) is 29.3. The highest BCUT2D eigenvalue weighted by atomic mass is 32.1. The minimum absolute atomic E-state index is 0.189. The number of benzene rings is 2. The number of aromatic nitrogens is 1. The van der Waals surface area contributed by atoms with Crippen molar-refractivity contribution < 1.29 is 23.7 Å². The van der Waals surface area contributed by atoms with E-state index in [1.165, 1.54) is 56.8 Å². The summed E-state index contributed by atoms with van der Waals surface area (Å²) >= 11 is 1.29. The SMILES string of the molecule is CCOC(=O)C1=C(C)N=c2s/c(=C/c3ccc(N4CCCC4)c(C)c3)c(=O)n2[C@H]1c1cc(OC)c(OC)c(OC)c1. The maximum Gasteiger partial charge on any atom is 0.338 e. The van der Waals surface area contributed by atoms with Crippen LogP contribution < -0.4 is 34.0 Å². The summed E-state index contributed by atoms with van der Waals surface area (Å²) < 4.78 is 24.2. The van der Waals surface area contributed by atoms with Crippen LogP contribution in [0.25, 0.3) is 6.08 Å². The lowest BCUT2D eigenvalue weighted by molar-refractivity contribution is -0.139. The molecule has 10 heteroatoms.